The van der Waals surface area contributed by atoms with Gasteiger partial charge in [-0.3, -0.25) is 14.4 Å². The van der Waals surface area contributed by atoms with E-state index in [2.05, 4.69) is 5.32 Å². The number of halogens is 4. The van der Waals surface area contributed by atoms with Crippen molar-refractivity contribution in [3.63, 3.8) is 0 Å². The molecule has 3 rings (SSSR count). The fourth-order valence-corrected chi connectivity index (χ4v) is 5.19. The molecule has 0 radical (unpaired) electrons. The molecule has 0 saturated carbocycles. The van der Waals surface area contributed by atoms with Gasteiger partial charge in [0.25, 0.3) is 5.56 Å². The van der Waals surface area contributed by atoms with Crippen LogP contribution in [0, 0.1) is 43.0 Å². The van der Waals surface area contributed by atoms with Crippen LogP contribution in [0.3, 0.4) is 0 Å². The number of carbonyl (C=O) groups excluding carboxylic acids is 1. The summed E-state index contributed by atoms with van der Waals surface area (Å²) in [6.45, 7) is 7.33. The highest BCUT2D eigenvalue weighted by molar-refractivity contribution is 5.82. The lowest BCUT2D eigenvalue weighted by Gasteiger charge is -2.26. The largest absolute Gasteiger partial charge is 0.481 e. The number of nitrogens with one attached hydrogen (secondary N) is 1. The Morgan fingerprint density at radius 2 is 1.60 bits per heavy atom. The molecule has 0 bridgehead atoms. The second-order valence-electron chi connectivity index (χ2n) is 11.5. The highest BCUT2D eigenvalue weighted by atomic mass is 19.2. The highest BCUT2D eigenvalue weighted by Crippen LogP contribution is 2.34. The van der Waals surface area contributed by atoms with Crippen LogP contribution < -0.4 is 10.9 Å². The van der Waals surface area contributed by atoms with Gasteiger partial charge in [0.05, 0.1) is 12.5 Å². The fraction of sp³-hybridized carbons (Fsp3) is 0.406. The molecule has 232 valence electrons. The minimum absolute atomic E-state index is 0.0763. The number of pyridine rings is 1. The van der Waals surface area contributed by atoms with E-state index < -0.39 is 64.8 Å². The SMILES string of the molecule is Cc1cc(F)cc(C)c1-c1cc(F)c(F)c([C@H](CC(=O)O)NC(=O)C(CC(C)C)n2cc(CCN(C)C)cc(F)c2=O)c1. The van der Waals surface area contributed by atoms with E-state index in [-0.39, 0.29) is 17.9 Å². The maximum atomic E-state index is 15.3. The van der Waals surface area contributed by atoms with Crippen LogP contribution in [-0.2, 0) is 16.0 Å². The molecule has 2 aromatic carbocycles. The van der Waals surface area contributed by atoms with Gasteiger partial charge in [-0.15, -0.1) is 0 Å². The number of aromatic nitrogens is 1. The van der Waals surface area contributed by atoms with Gasteiger partial charge in [-0.05, 0) is 105 Å². The number of aryl methyl sites for hydroxylation is 2. The van der Waals surface area contributed by atoms with E-state index in [1.165, 1.54) is 24.4 Å². The van der Waals surface area contributed by atoms with E-state index in [4.69, 9.17) is 0 Å². The number of carboxylic acids is 1. The smallest absolute Gasteiger partial charge is 0.305 e. The Kier molecular flexibility index (Phi) is 10.9. The Hall–Kier alpha value is -3.99. The number of amides is 1. The Labute approximate surface area is 248 Å². The zero-order valence-corrected chi connectivity index (χ0v) is 25.1. The Balaban J connectivity index is 2.11. The van der Waals surface area contributed by atoms with Crippen molar-refractivity contribution in [2.24, 2.45) is 5.92 Å². The first-order valence-electron chi connectivity index (χ1n) is 13.9. The summed E-state index contributed by atoms with van der Waals surface area (Å²) >= 11 is 0. The van der Waals surface area contributed by atoms with E-state index >= 15 is 4.39 Å². The van der Waals surface area contributed by atoms with Crippen LogP contribution in [0.25, 0.3) is 11.1 Å². The van der Waals surface area contributed by atoms with E-state index in [0.717, 1.165) is 16.7 Å². The van der Waals surface area contributed by atoms with Gasteiger partial charge in [0.1, 0.15) is 11.9 Å². The summed E-state index contributed by atoms with van der Waals surface area (Å²) in [6.07, 6.45) is 1.05. The summed E-state index contributed by atoms with van der Waals surface area (Å²) in [6, 6.07) is 2.92. The molecule has 43 heavy (non-hydrogen) atoms. The van der Waals surface area contributed by atoms with E-state index in [1.807, 2.05) is 19.0 Å². The molecule has 1 aromatic heterocycles. The average molecular weight is 604 g/mol. The van der Waals surface area contributed by atoms with Crippen LogP contribution in [0.5, 0.6) is 0 Å². The first kappa shape index (κ1) is 33.5. The summed E-state index contributed by atoms with van der Waals surface area (Å²) in [5.41, 5.74) is 0.485. The molecule has 0 aliphatic rings. The van der Waals surface area contributed by atoms with Gasteiger partial charge in [0.15, 0.2) is 17.5 Å². The second kappa shape index (κ2) is 14.0. The average Bonchev–Trinajstić information content (AvgIpc) is 2.88. The molecular weight excluding hydrogens is 566 g/mol. The van der Waals surface area contributed by atoms with Gasteiger partial charge in [0, 0.05) is 18.3 Å². The summed E-state index contributed by atoms with van der Waals surface area (Å²) < 4.78 is 59.9. The molecule has 0 saturated heterocycles. The zero-order chi connectivity index (χ0) is 32.2. The number of hydrogen-bond donors (Lipinski definition) is 2. The molecule has 3 aromatic rings. The summed E-state index contributed by atoms with van der Waals surface area (Å²) in [5.74, 6) is -6.62. The number of hydrogen-bond acceptors (Lipinski definition) is 4. The van der Waals surface area contributed by atoms with E-state index in [1.54, 1.807) is 27.7 Å². The topological polar surface area (TPSA) is 91.6 Å². The number of carboxylic acid groups (broad SMARTS) is 1. The van der Waals surface area contributed by atoms with Crippen molar-refractivity contribution in [1.29, 1.82) is 0 Å². The number of carbonyl (C=O) groups is 2. The molecule has 1 heterocycles. The minimum atomic E-state index is -1.55. The molecule has 2 atom stereocenters. The van der Waals surface area contributed by atoms with Crippen LogP contribution in [0.1, 0.15) is 61.0 Å². The zero-order valence-electron chi connectivity index (χ0n) is 25.1. The number of rotatable bonds is 12. The summed E-state index contributed by atoms with van der Waals surface area (Å²) in [4.78, 5) is 40.3. The molecule has 11 heteroatoms. The lowest BCUT2D eigenvalue weighted by Crippen LogP contribution is -2.41. The number of likely N-dealkylation sites (N-methyl/N-ethyl adjacent to an activating group) is 1. The van der Waals surface area contributed by atoms with Gasteiger partial charge in [-0.2, -0.15) is 0 Å². The lowest BCUT2D eigenvalue weighted by molar-refractivity contribution is -0.138. The van der Waals surface area contributed by atoms with Crippen molar-refractivity contribution in [2.75, 3.05) is 20.6 Å². The molecular formula is C32H37F4N3O4. The molecule has 0 aliphatic heterocycles. The summed E-state index contributed by atoms with van der Waals surface area (Å²) in [5, 5.41) is 12.1. The lowest BCUT2D eigenvalue weighted by atomic mass is 9.91. The molecule has 2 N–H and O–H groups in total. The van der Waals surface area contributed by atoms with E-state index in [0.29, 0.717) is 35.2 Å². The maximum absolute atomic E-state index is 15.3. The van der Waals surface area contributed by atoms with E-state index in [9.17, 15) is 32.7 Å². The number of benzene rings is 2. The minimum Gasteiger partial charge on any atom is -0.481 e. The van der Waals surface area contributed by atoms with Crippen molar-refractivity contribution in [2.45, 2.75) is 59.0 Å². The first-order valence-corrected chi connectivity index (χ1v) is 13.9. The highest BCUT2D eigenvalue weighted by Gasteiger charge is 2.30. The molecule has 0 fully saturated rings. The molecule has 7 nitrogen and oxygen atoms in total. The van der Waals surface area contributed by atoms with Crippen molar-refractivity contribution >= 4 is 11.9 Å². The molecule has 1 unspecified atom stereocenters. The predicted molar refractivity (Wildman–Crippen MR) is 156 cm³/mol. The maximum Gasteiger partial charge on any atom is 0.305 e. The van der Waals surface area contributed by atoms with Crippen LogP contribution in [0.15, 0.2) is 41.3 Å². The standard InChI is InChI=1S/C32H37F4N3O4/c1-17(2)9-27(39-16-20(7-8-38(5)6)12-25(35)32(39)43)31(42)37-26(15-28(40)41)23-13-21(14-24(34)30(23)36)29-18(3)10-22(33)11-19(29)4/h10-14,16-17,26-27H,7-9,15H2,1-6H3,(H,37,42)(H,40,41)/t26-,27?/m0/s1. The van der Waals surface area contributed by atoms with Gasteiger partial charge >= 0.3 is 5.97 Å². The van der Waals surface area contributed by atoms with Crippen LogP contribution >= 0.6 is 0 Å². The molecule has 0 aliphatic carbocycles. The van der Waals surface area contributed by atoms with Gasteiger partial charge < -0.3 is 19.9 Å². The second-order valence-corrected chi connectivity index (χ2v) is 11.5. The first-order chi connectivity index (χ1) is 20.1. The molecule has 1 amide bonds. The Morgan fingerprint density at radius 1 is 0.977 bits per heavy atom. The van der Waals surface area contributed by atoms with Gasteiger partial charge in [-0.1, -0.05) is 13.8 Å². The Bertz CT molecular complexity index is 1550. The van der Waals surface area contributed by atoms with Crippen molar-refractivity contribution < 1.29 is 32.3 Å². The number of aliphatic carboxylic acids is 1. The van der Waals surface area contributed by atoms with Crippen molar-refractivity contribution in [3.8, 4) is 11.1 Å². The van der Waals surface area contributed by atoms with Crippen LogP contribution in [0.4, 0.5) is 17.6 Å². The van der Waals surface area contributed by atoms with Gasteiger partial charge in [0.2, 0.25) is 5.91 Å². The van der Waals surface area contributed by atoms with Crippen LogP contribution in [-0.4, -0.2) is 47.1 Å². The third-order valence-corrected chi connectivity index (χ3v) is 7.15. The van der Waals surface area contributed by atoms with Crippen molar-refractivity contribution in [3.05, 3.63) is 92.4 Å². The Morgan fingerprint density at radius 3 is 2.16 bits per heavy atom. The molecule has 0 spiro atoms. The fourth-order valence-electron chi connectivity index (χ4n) is 5.19. The van der Waals surface area contributed by atoms with Gasteiger partial charge in [-0.25, -0.2) is 17.6 Å². The van der Waals surface area contributed by atoms with Crippen LogP contribution in [0.2, 0.25) is 0 Å². The van der Waals surface area contributed by atoms with Crippen molar-refractivity contribution in [1.82, 2.24) is 14.8 Å². The third kappa shape index (κ3) is 8.31. The normalized spacial score (nSPS) is 12.9. The number of nitrogens with zero attached hydrogens (tertiary/aromatic N) is 2. The predicted octanol–water partition coefficient (Wildman–Crippen LogP) is 5.71. The third-order valence-electron chi connectivity index (χ3n) is 7.15. The monoisotopic (exact) mass is 603 g/mol. The quantitative estimate of drug-likeness (QED) is 0.259. The summed E-state index contributed by atoms with van der Waals surface area (Å²) in [7, 11) is 3.67.